The average molecular weight is 400 g/mol. The van der Waals surface area contributed by atoms with Crippen molar-refractivity contribution in [1.29, 1.82) is 0 Å². The summed E-state index contributed by atoms with van der Waals surface area (Å²) in [4.78, 5) is 33.6. The van der Waals surface area contributed by atoms with Crippen LogP contribution >= 0.6 is 0 Å². The number of para-hydroxylation sites is 1. The Bertz CT molecular complexity index is 1080. The summed E-state index contributed by atoms with van der Waals surface area (Å²) in [5, 5.41) is 3.22. The van der Waals surface area contributed by atoms with Crippen molar-refractivity contribution in [2.75, 3.05) is 13.1 Å². The highest BCUT2D eigenvalue weighted by Crippen LogP contribution is 2.17. The van der Waals surface area contributed by atoms with Gasteiger partial charge in [-0.05, 0) is 31.7 Å². The second-order valence-electron chi connectivity index (χ2n) is 6.79. The Labute approximate surface area is 166 Å². The van der Waals surface area contributed by atoms with Gasteiger partial charge in [0.15, 0.2) is 0 Å². The Balaban J connectivity index is 1.66. The molecule has 0 radical (unpaired) electrons. The molecule has 2 N–H and O–H groups in total. The van der Waals surface area contributed by atoms with Crippen molar-refractivity contribution in [3.63, 3.8) is 0 Å². The molecule has 0 bridgehead atoms. The standard InChI is InChI=1S/C21H22F2N4O2/c1-3-27(11-19-25-18-7-5-4-6-16(18)21(29)26-19)12-20(28)24-13(2)15-9-8-14(22)10-17(15)23/h4-10,13H,3,11-12H2,1-2H3,(H,24,28)(H,25,26,29)/t13-/m0/s1. The number of nitrogens with zero attached hydrogens (tertiary/aromatic N) is 2. The van der Waals surface area contributed by atoms with E-state index < -0.39 is 17.7 Å². The van der Waals surface area contributed by atoms with Crippen molar-refractivity contribution in [1.82, 2.24) is 20.2 Å². The number of benzene rings is 2. The molecule has 8 heteroatoms. The molecule has 1 amide bonds. The number of amides is 1. The molecule has 0 aliphatic rings. The first-order valence-corrected chi connectivity index (χ1v) is 9.32. The molecule has 6 nitrogen and oxygen atoms in total. The molecule has 2 aromatic carbocycles. The van der Waals surface area contributed by atoms with Gasteiger partial charge in [-0.3, -0.25) is 14.5 Å². The normalized spacial score (nSPS) is 12.3. The second kappa shape index (κ2) is 8.91. The topological polar surface area (TPSA) is 78.1 Å². The summed E-state index contributed by atoms with van der Waals surface area (Å²) < 4.78 is 26.9. The number of aromatic nitrogens is 2. The number of rotatable bonds is 7. The molecule has 29 heavy (non-hydrogen) atoms. The molecule has 0 spiro atoms. The van der Waals surface area contributed by atoms with Crippen LogP contribution in [0.3, 0.4) is 0 Å². The smallest absolute Gasteiger partial charge is 0.258 e. The van der Waals surface area contributed by atoms with E-state index in [0.717, 1.165) is 12.1 Å². The largest absolute Gasteiger partial charge is 0.348 e. The number of fused-ring (bicyclic) bond motifs is 1. The van der Waals surface area contributed by atoms with Crippen LogP contribution in [0.4, 0.5) is 8.78 Å². The monoisotopic (exact) mass is 400 g/mol. The zero-order valence-corrected chi connectivity index (χ0v) is 16.2. The molecule has 3 rings (SSSR count). The zero-order valence-electron chi connectivity index (χ0n) is 16.2. The van der Waals surface area contributed by atoms with E-state index in [-0.39, 0.29) is 30.1 Å². The quantitative estimate of drug-likeness (QED) is 0.639. The first-order chi connectivity index (χ1) is 13.9. The van der Waals surface area contributed by atoms with Crippen LogP contribution < -0.4 is 10.9 Å². The molecule has 0 fully saturated rings. The third-order valence-corrected chi connectivity index (χ3v) is 4.66. The number of halogens is 2. The first kappa shape index (κ1) is 20.6. The third-order valence-electron chi connectivity index (χ3n) is 4.66. The summed E-state index contributed by atoms with van der Waals surface area (Å²) >= 11 is 0. The van der Waals surface area contributed by atoms with Crippen molar-refractivity contribution >= 4 is 16.8 Å². The van der Waals surface area contributed by atoms with Gasteiger partial charge in [-0.2, -0.15) is 0 Å². The van der Waals surface area contributed by atoms with Gasteiger partial charge >= 0.3 is 0 Å². The second-order valence-corrected chi connectivity index (χ2v) is 6.79. The van der Waals surface area contributed by atoms with Gasteiger partial charge < -0.3 is 10.3 Å². The lowest BCUT2D eigenvalue weighted by Crippen LogP contribution is -2.38. The minimum atomic E-state index is -0.705. The van der Waals surface area contributed by atoms with Crippen molar-refractivity contribution < 1.29 is 13.6 Å². The number of H-pyrrole nitrogens is 1. The number of hydrogen-bond donors (Lipinski definition) is 2. The molecule has 0 aliphatic heterocycles. The Kier molecular flexibility index (Phi) is 6.33. The summed E-state index contributed by atoms with van der Waals surface area (Å²) in [7, 11) is 0. The molecule has 3 aromatic rings. The zero-order chi connectivity index (χ0) is 21.0. The first-order valence-electron chi connectivity index (χ1n) is 9.32. The van der Waals surface area contributed by atoms with Crippen molar-refractivity contribution in [2.45, 2.75) is 26.4 Å². The van der Waals surface area contributed by atoms with Gasteiger partial charge in [0.25, 0.3) is 5.56 Å². The molecule has 0 saturated heterocycles. The predicted molar refractivity (Wildman–Crippen MR) is 106 cm³/mol. The summed E-state index contributed by atoms with van der Waals surface area (Å²) in [6.45, 7) is 4.38. The van der Waals surface area contributed by atoms with E-state index in [4.69, 9.17) is 0 Å². The fourth-order valence-corrected chi connectivity index (χ4v) is 3.12. The van der Waals surface area contributed by atoms with Crippen LogP contribution in [0.5, 0.6) is 0 Å². The highest BCUT2D eigenvalue weighted by atomic mass is 19.1. The summed E-state index contributed by atoms with van der Waals surface area (Å²) in [6, 6.07) is 9.69. The molecule has 1 atom stereocenters. The number of aromatic amines is 1. The van der Waals surface area contributed by atoms with Gasteiger partial charge in [-0.15, -0.1) is 0 Å². The van der Waals surface area contributed by atoms with E-state index in [2.05, 4.69) is 15.3 Å². The molecule has 1 aromatic heterocycles. The maximum atomic E-state index is 13.9. The van der Waals surface area contributed by atoms with Gasteiger partial charge in [-0.1, -0.05) is 25.1 Å². The fourth-order valence-electron chi connectivity index (χ4n) is 3.12. The van der Waals surface area contributed by atoms with Crippen LogP contribution in [0.25, 0.3) is 10.9 Å². The average Bonchev–Trinajstić information content (AvgIpc) is 2.67. The Morgan fingerprint density at radius 2 is 2.00 bits per heavy atom. The van der Waals surface area contributed by atoms with Gasteiger partial charge in [0.2, 0.25) is 5.91 Å². The maximum absolute atomic E-state index is 13.9. The van der Waals surface area contributed by atoms with Crippen LogP contribution in [0, 0.1) is 11.6 Å². The molecule has 0 aliphatic carbocycles. The molecule has 0 unspecified atom stereocenters. The predicted octanol–water partition coefficient (Wildman–Crippen LogP) is 2.90. The third kappa shape index (κ3) is 5.03. The van der Waals surface area contributed by atoms with E-state index in [1.807, 2.05) is 6.92 Å². The molecule has 152 valence electrons. The van der Waals surface area contributed by atoms with E-state index >= 15 is 0 Å². The Morgan fingerprint density at radius 1 is 1.24 bits per heavy atom. The Hall–Kier alpha value is -3.13. The van der Waals surface area contributed by atoms with E-state index in [1.54, 1.807) is 36.1 Å². The van der Waals surface area contributed by atoms with E-state index in [0.29, 0.717) is 23.3 Å². The van der Waals surface area contributed by atoms with Gasteiger partial charge in [0.1, 0.15) is 17.5 Å². The molecule has 1 heterocycles. The summed E-state index contributed by atoms with van der Waals surface area (Å²) in [5.41, 5.74) is 0.571. The van der Waals surface area contributed by atoms with Crippen molar-refractivity contribution in [3.05, 3.63) is 75.8 Å². The number of carbonyl (C=O) groups excluding carboxylic acids is 1. The van der Waals surface area contributed by atoms with Crippen molar-refractivity contribution in [3.8, 4) is 0 Å². The number of nitrogens with one attached hydrogen (secondary N) is 2. The minimum Gasteiger partial charge on any atom is -0.348 e. The number of carbonyl (C=O) groups is 1. The summed E-state index contributed by atoms with van der Waals surface area (Å²) in [5.74, 6) is -1.23. The van der Waals surface area contributed by atoms with Crippen LogP contribution in [-0.4, -0.2) is 33.9 Å². The highest BCUT2D eigenvalue weighted by Gasteiger charge is 2.17. The van der Waals surface area contributed by atoms with Gasteiger partial charge in [0, 0.05) is 11.6 Å². The van der Waals surface area contributed by atoms with Crippen LogP contribution in [-0.2, 0) is 11.3 Å². The van der Waals surface area contributed by atoms with Crippen LogP contribution in [0.15, 0.2) is 47.3 Å². The molecule has 0 saturated carbocycles. The lowest BCUT2D eigenvalue weighted by atomic mass is 10.1. The number of hydrogen-bond acceptors (Lipinski definition) is 4. The number of likely N-dealkylation sites (N-methyl/N-ethyl adjacent to an activating group) is 1. The van der Waals surface area contributed by atoms with E-state index in [9.17, 15) is 18.4 Å². The Morgan fingerprint density at radius 3 is 2.72 bits per heavy atom. The summed E-state index contributed by atoms with van der Waals surface area (Å²) in [6.07, 6.45) is 0. The van der Waals surface area contributed by atoms with Crippen molar-refractivity contribution in [2.24, 2.45) is 0 Å². The minimum absolute atomic E-state index is 0.0419. The molecular formula is C21H22F2N4O2. The highest BCUT2D eigenvalue weighted by molar-refractivity contribution is 5.78. The van der Waals surface area contributed by atoms with Crippen LogP contribution in [0.2, 0.25) is 0 Å². The lowest BCUT2D eigenvalue weighted by Gasteiger charge is -2.21. The molecular weight excluding hydrogens is 378 g/mol. The maximum Gasteiger partial charge on any atom is 0.258 e. The van der Waals surface area contributed by atoms with Gasteiger partial charge in [0.05, 0.1) is 30.0 Å². The van der Waals surface area contributed by atoms with E-state index in [1.165, 1.54) is 6.07 Å². The lowest BCUT2D eigenvalue weighted by molar-refractivity contribution is -0.123. The SMILES string of the molecule is CCN(CC(=O)N[C@@H](C)c1ccc(F)cc1F)Cc1nc2ccccc2c(=O)[nH]1. The van der Waals surface area contributed by atoms with Gasteiger partial charge in [-0.25, -0.2) is 13.8 Å². The fraction of sp³-hybridized carbons (Fsp3) is 0.286. The van der Waals surface area contributed by atoms with Crippen LogP contribution in [0.1, 0.15) is 31.3 Å².